The minimum Gasteiger partial charge on any atom is -0.465 e. The zero-order chi connectivity index (χ0) is 19.7. The lowest BCUT2D eigenvalue weighted by Gasteiger charge is -2.30. The van der Waals surface area contributed by atoms with Crippen molar-refractivity contribution in [3.63, 3.8) is 0 Å². The van der Waals surface area contributed by atoms with Crippen LogP contribution >= 0.6 is 0 Å². The van der Waals surface area contributed by atoms with Crippen LogP contribution in [0.15, 0.2) is 47.3 Å². The molecule has 3 aromatic rings. The maximum atomic E-state index is 13.4. The van der Waals surface area contributed by atoms with Crippen molar-refractivity contribution in [2.75, 3.05) is 38.3 Å². The Hall–Kier alpha value is -3.19. The fourth-order valence-corrected chi connectivity index (χ4v) is 3.32. The van der Waals surface area contributed by atoms with Crippen molar-refractivity contribution in [1.29, 1.82) is 0 Å². The fourth-order valence-electron chi connectivity index (χ4n) is 3.32. The number of morpholine rings is 1. The molecule has 0 radical (unpaired) electrons. The van der Waals surface area contributed by atoms with E-state index in [2.05, 4.69) is 0 Å². The average molecular weight is 379 g/mol. The van der Waals surface area contributed by atoms with Gasteiger partial charge in [-0.05, 0) is 37.3 Å². The second-order valence-electron chi connectivity index (χ2n) is 6.71. The lowest BCUT2D eigenvalue weighted by molar-refractivity contribution is 0.0601. The highest BCUT2D eigenvalue weighted by Crippen LogP contribution is 2.22. The molecule has 4 rings (SSSR count). The molecule has 1 aromatic heterocycles. The number of ether oxygens (including phenoxy) is 2. The van der Waals surface area contributed by atoms with Gasteiger partial charge in [-0.1, -0.05) is 17.7 Å². The molecule has 7 heteroatoms. The average Bonchev–Trinajstić information content (AvgIpc) is 2.74. The molecule has 1 aliphatic rings. The molecule has 0 saturated carbocycles. The highest BCUT2D eigenvalue weighted by Gasteiger charge is 2.21. The third kappa shape index (κ3) is 3.25. The summed E-state index contributed by atoms with van der Waals surface area (Å²) in [4.78, 5) is 32.1. The molecule has 0 aliphatic carbocycles. The van der Waals surface area contributed by atoms with Gasteiger partial charge >= 0.3 is 5.97 Å². The molecule has 0 amide bonds. The minimum atomic E-state index is -0.459. The third-order valence-electron chi connectivity index (χ3n) is 4.86. The first-order valence-electron chi connectivity index (χ1n) is 9.13. The van der Waals surface area contributed by atoms with Crippen LogP contribution in [-0.2, 0) is 9.47 Å². The van der Waals surface area contributed by atoms with E-state index in [1.165, 1.54) is 7.11 Å². The number of methoxy groups -OCH3 is 1. The number of hydrogen-bond acceptors (Lipinski definition) is 6. The predicted octanol–water partition coefficient (Wildman–Crippen LogP) is 2.32. The number of benzene rings is 2. The van der Waals surface area contributed by atoms with Crippen molar-refractivity contribution in [3.8, 4) is 5.69 Å². The summed E-state index contributed by atoms with van der Waals surface area (Å²) in [6.07, 6.45) is 0. The highest BCUT2D eigenvalue weighted by molar-refractivity contribution is 5.94. The fraction of sp³-hybridized carbons (Fsp3) is 0.286. The molecule has 0 N–H and O–H groups in total. The van der Waals surface area contributed by atoms with E-state index < -0.39 is 5.97 Å². The smallest absolute Gasteiger partial charge is 0.337 e. The van der Waals surface area contributed by atoms with Gasteiger partial charge in [-0.3, -0.25) is 4.79 Å². The number of aromatic nitrogens is 2. The van der Waals surface area contributed by atoms with Crippen LogP contribution in [0.5, 0.6) is 0 Å². The summed E-state index contributed by atoms with van der Waals surface area (Å²) in [5, 5.41) is 0.449. The van der Waals surface area contributed by atoms with E-state index in [9.17, 15) is 9.59 Å². The van der Waals surface area contributed by atoms with Crippen LogP contribution in [0.2, 0.25) is 0 Å². The Morgan fingerprint density at radius 1 is 1.11 bits per heavy atom. The van der Waals surface area contributed by atoms with E-state index in [4.69, 9.17) is 14.5 Å². The maximum Gasteiger partial charge on any atom is 0.337 e. The third-order valence-corrected chi connectivity index (χ3v) is 4.86. The largest absolute Gasteiger partial charge is 0.465 e. The van der Waals surface area contributed by atoms with Gasteiger partial charge in [0.2, 0.25) is 5.95 Å². The molecule has 1 fully saturated rings. The van der Waals surface area contributed by atoms with Gasteiger partial charge in [0.1, 0.15) is 0 Å². The molecular formula is C21H21N3O4. The standard InChI is InChI=1S/C21H21N3O4/c1-14-3-6-16(7-4-14)24-19(25)17-8-5-15(20(26)27-2)13-18(17)22-21(24)23-9-11-28-12-10-23/h3-8,13H,9-12H2,1-2H3. The zero-order valence-corrected chi connectivity index (χ0v) is 15.8. The molecule has 1 saturated heterocycles. The number of carbonyl (C=O) groups excluding carboxylic acids is 1. The van der Waals surface area contributed by atoms with Gasteiger partial charge in [0.25, 0.3) is 5.56 Å². The molecule has 0 spiro atoms. The van der Waals surface area contributed by atoms with Gasteiger partial charge in [-0.15, -0.1) is 0 Å². The quantitative estimate of drug-likeness (QED) is 0.651. The highest BCUT2D eigenvalue weighted by atomic mass is 16.5. The summed E-state index contributed by atoms with van der Waals surface area (Å²) in [5.41, 5.74) is 2.53. The molecule has 2 aromatic carbocycles. The van der Waals surface area contributed by atoms with Gasteiger partial charge < -0.3 is 14.4 Å². The van der Waals surface area contributed by atoms with Gasteiger partial charge in [0, 0.05) is 13.1 Å². The number of nitrogens with zero attached hydrogens (tertiary/aromatic N) is 3. The zero-order valence-electron chi connectivity index (χ0n) is 15.8. The first kappa shape index (κ1) is 18.2. The minimum absolute atomic E-state index is 0.174. The lowest BCUT2D eigenvalue weighted by Crippen LogP contribution is -2.40. The predicted molar refractivity (Wildman–Crippen MR) is 106 cm³/mol. The SMILES string of the molecule is COC(=O)c1ccc2c(=O)n(-c3ccc(C)cc3)c(N3CCOCC3)nc2c1. The van der Waals surface area contributed by atoms with E-state index in [1.807, 2.05) is 36.1 Å². The molecule has 7 nitrogen and oxygen atoms in total. The molecular weight excluding hydrogens is 358 g/mol. The lowest BCUT2D eigenvalue weighted by atomic mass is 10.1. The van der Waals surface area contributed by atoms with Gasteiger partial charge in [0.15, 0.2) is 0 Å². The van der Waals surface area contributed by atoms with Crippen LogP contribution in [0.1, 0.15) is 15.9 Å². The van der Waals surface area contributed by atoms with Crippen LogP contribution in [0.4, 0.5) is 5.95 Å². The molecule has 2 heterocycles. The van der Waals surface area contributed by atoms with Crippen LogP contribution in [0.25, 0.3) is 16.6 Å². The molecule has 28 heavy (non-hydrogen) atoms. The number of hydrogen-bond donors (Lipinski definition) is 0. The van der Waals surface area contributed by atoms with Crippen molar-refractivity contribution in [2.24, 2.45) is 0 Å². The van der Waals surface area contributed by atoms with Gasteiger partial charge in [-0.25, -0.2) is 14.3 Å². The normalized spacial score (nSPS) is 14.3. The monoisotopic (exact) mass is 379 g/mol. The van der Waals surface area contributed by atoms with E-state index in [0.29, 0.717) is 48.7 Å². The van der Waals surface area contributed by atoms with Crippen molar-refractivity contribution >= 4 is 22.8 Å². The Balaban J connectivity index is 1.97. The number of aryl methyl sites for hydroxylation is 1. The summed E-state index contributed by atoms with van der Waals surface area (Å²) >= 11 is 0. The van der Waals surface area contributed by atoms with E-state index >= 15 is 0 Å². The van der Waals surface area contributed by atoms with Crippen LogP contribution < -0.4 is 10.5 Å². The number of rotatable bonds is 3. The van der Waals surface area contributed by atoms with Gasteiger partial charge in [0.05, 0.1) is 42.5 Å². The Bertz CT molecular complexity index is 1080. The van der Waals surface area contributed by atoms with E-state index in [0.717, 1.165) is 11.3 Å². The van der Waals surface area contributed by atoms with Crippen LogP contribution in [-0.4, -0.2) is 48.9 Å². The summed E-state index contributed by atoms with van der Waals surface area (Å²) in [5.74, 6) is 0.0889. The number of carbonyl (C=O) groups is 1. The first-order chi connectivity index (χ1) is 13.6. The summed E-state index contributed by atoms with van der Waals surface area (Å²) < 4.78 is 11.9. The van der Waals surface area contributed by atoms with Crippen LogP contribution in [0.3, 0.4) is 0 Å². The Kier molecular flexibility index (Phi) is 4.83. The molecule has 0 atom stereocenters. The number of anilines is 1. The Morgan fingerprint density at radius 3 is 2.50 bits per heavy atom. The number of esters is 1. The molecule has 144 valence electrons. The van der Waals surface area contributed by atoms with E-state index in [-0.39, 0.29) is 5.56 Å². The molecule has 1 aliphatic heterocycles. The Labute approximate surface area is 162 Å². The topological polar surface area (TPSA) is 73.7 Å². The summed E-state index contributed by atoms with van der Waals surface area (Å²) in [6, 6.07) is 12.6. The van der Waals surface area contributed by atoms with Crippen molar-refractivity contribution < 1.29 is 14.3 Å². The molecule has 0 unspecified atom stereocenters. The Morgan fingerprint density at radius 2 is 1.82 bits per heavy atom. The number of fused-ring (bicyclic) bond motifs is 1. The first-order valence-corrected chi connectivity index (χ1v) is 9.13. The molecule has 0 bridgehead atoms. The van der Waals surface area contributed by atoms with Gasteiger partial charge in [-0.2, -0.15) is 0 Å². The van der Waals surface area contributed by atoms with Crippen LogP contribution in [0, 0.1) is 6.92 Å². The van der Waals surface area contributed by atoms with Crippen molar-refractivity contribution in [1.82, 2.24) is 9.55 Å². The van der Waals surface area contributed by atoms with Crippen molar-refractivity contribution in [3.05, 3.63) is 63.9 Å². The summed E-state index contributed by atoms with van der Waals surface area (Å²) in [6.45, 7) is 4.43. The maximum absolute atomic E-state index is 13.4. The van der Waals surface area contributed by atoms with Crippen molar-refractivity contribution in [2.45, 2.75) is 6.92 Å². The second kappa shape index (κ2) is 7.44. The second-order valence-corrected chi connectivity index (χ2v) is 6.71. The summed E-state index contributed by atoms with van der Waals surface area (Å²) in [7, 11) is 1.33. The van der Waals surface area contributed by atoms with E-state index in [1.54, 1.807) is 22.8 Å².